The molecule has 0 spiro atoms. The van der Waals surface area contributed by atoms with Crippen LogP contribution in [0.5, 0.6) is 5.75 Å². The normalized spacial score (nSPS) is 12.9. The Balaban J connectivity index is 2.98. The lowest BCUT2D eigenvalue weighted by molar-refractivity contribution is -0.150. The third kappa shape index (κ3) is 4.27. The molecule has 0 aliphatic rings. The first-order chi connectivity index (χ1) is 8.75. The summed E-state index contributed by atoms with van der Waals surface area (Å²) in [6.45, 7) is 12.3. The lowest BCUT2D eigenvalue weighted by Crippen LogP contribution is -2.27. The van der Waals surface area contributed by atoms with Gasteiger partial charge in [-0.3, -0.25) is 0 Å². The predicted molar refractivity (Wildman–Crippen MR) is 76.6 cm³/mol. The quantitative estimate of drug-likeness (QED) is 0.779. The molecule has 3 nitrogen and oxygen atoms in total. The Hall–Kier alpha value is -1.51. The first kappa shape index (κ1) is 15.5. The van der Waals surface area contributed by atoms with Gasteiger partial charge in [-0.15, -0.1) is 0 Å². The van der Waals surface area contributed by atoms with Gasteiger partial charge < -0.3 is 9.47 Å². The molecule has 3 heteroatoms. The molecule has 0 amide bonds. The lowest BCUT2D eigenvalue weighted by atomic mass is 9.85. The molecule has 0 saturated carbocycles. The van der Waals surface area contributed by atoms with E-state index in [1.807, 2.05) is 19.1 Å². The summed E-state index contributed by atoms with van der Waals surface area (Å²) in [6.07, 6.45) is -0.594. The van der Waals surface area contributed by atoms with Crippen LogP contribution in [0.1, 0.15) is 45.7 Å². The number of aryl methyl sites for hydroxylation is 1. The Morgan fingerprint density at radius 1 is 1.32 bits per heavy atom. The Morgan fingerprint density at radius 3 is 2.47 bits per heavy atom. The van der Waals surface area contributed by atoms with Crippen LogP contribution in [-0.4, -0.2) is 18.7 Å². The molecule has 106 valence electrons. The van der Waals surface area contributed by atoms with Gasteiger partial charge in [-0.1, -0.05) is 38.5 Å². The Kier molecular flexibility index (Phi) is 4.98. The number of carbonyl (C=O) groups excluding carboxylic acids is 1. The molecular formula is C16H24O3. The topological polar surface area (TPSA) is 35.5 Å². The standard InChI is InChI=1S/C16H24O3/c1-7-18-15(17)12(3)19-14-9-8-11(2)10-13(14)16(4,5)6/h8-10,12H,7H2,1-6H3. The minimum absolute atomic E-state index is 0.0320. The highest BCUT2D eigenvalue weighted by Crippen LogP contribution is 2.32. The van der Waals surface area contributed by atoms with E-state index in [9.17, 15) is 4.79 Å². The van der Waals surface area contributed by atoms with E-state index in [0.717, 1.165) is 11.3 Å². The van der Waals surface area contributed by atoms with Crippen LogP contribution >= 0.6 is 0 Å². The van der Waals surface area contributed by atoms with Crippen LogP contribution < -0.4 is 4.74 Å². The average molecular weight is 264 g/mol. The molecule has 0 N–H and O–H groups in total. The number of hydrogen-bond acceptors (Lipinski definition) is 3. The van der Waals surface area contributed by atoms with Gasteiger partial charge in [0, 0.05) is 0 Å². The highest BCUT2D eigenvalue weighted by molar-refractivity contribution is 5.74. The van der Waals surface area contributed by atoms with E-state index in [0.29, 0.717) is 6.61 Å². The Labute approximate surface area is 115 Å². The zero-order valence-corrected chi connectivity index (χ0v) is 12.7. The van der Waals surface area contributed by atoms with E-state index in [-0.39, 0.29) is 11.4 Å². The minimum atomic E-state index is -0.594. The van der Waals surface area contributed by atoms with E-state index in [2.05, 4.69) is 26.8 Å². The second kappa shape index (κ2) is 6.09. The minimum Gasteiger partial charge on any atom is -0.479 e. The fraction of sp³-hybridized carbons (Fsp3) is 0.562. The number of rotatable bonds is 4. The van der Waals surface area contributed by atoms with Gasteiger partial charge in [-0.25, -0.2) is 4.79 Å². The molecule has 1 rings (SSSR count). The zero-order chi connectivity index (χ0) is 14.6. The molecule has 0 saturated heterocycles. The molecule has 19 heavy (non-hydrogen) atoms. The number of ether oxygens (including phenoxy) is 2. The van der Waals surface area contributed by atoms with Gasteiger partial charge >= 0.3 is 5.97 Å². The Bertz CT molecular complexity index is 444. The van der Waals surface area contributed by atoms with Crippen LogP contribution in [0, 0.1) is 6.92 Å². The first-order valence-corrected chi connectivity index (χ1v) is 6.70. The smallest absolute Gasteiger partial charge is 0.347 e. The summed E-state index contributed by atoms with van der Waals surface area (Å²) in [5.74, 6) is 0.418. The largest absolute Gasteiger partial charge is 0.479 e. The van der Waals surface area contributed by atoms with Crippen LogP contribution in [0.3, 0.4) is 0 Å². The van der Waals surface area contributed by atoms with Crippen LogP contribution in [0.4, 0.5) is 0 Å². The fourth-order valence-electron chi connectivity index (χ4n) is 1.83. The van der Waals surface area contributed by atoms with E-state index in [1.54, 1.807) is 13.8 Å². The molecule has 0 heterocycles. The summed E-state index contributed by atoms with van der Waals surface area (Å²) in [6, 6.07) is 6.02. The van der Waals surface area contributed by atoms with Crippen LogP contribution in [-0.2, 0) is 14.9 Å². The van der Waals surface area contributed by atoms with Crippen LogP contribution in [0.15, 0.2) is 18.2 Å². The molecule has 0 aliphatic heterocycles. The Morgan fingerprint density at radius 2 is 1.95 bits per heavy atom. The van der Waals surface area contributed by atoms with Gasteiger partial charge in [0.2, 0.25) is 0 Å². The molecule has 0 fully saturated rings. The maximum absolute atomic E-state index is 11.6. The molecular weight excluding hydrogens is 240 g/mol. The van der Waals surface area contributed by atoms with Gasteiger partial charge in [0.15, 0.2) is 6.10 Å². The van der Waals surface area contributed by atoms with E-state index in [1.165, 1.54) is 5.56 Å². The maximum atomic E-state index is 11.6. The number of benzene rings is 1. The maximum Gasteiger partial charge on any atom is 0.347 e. The van der Waals surface area contributed by atoms with Crippen molar-refractivity contribution < 1.29 is 14.3 Å². The summed E-state index contributed by atoms with van der Waals surface area (Å²) >= 11 is 0. The molecule has 0 radical (unpaired) electrons. The molecule has 0 bridgehead atoms. The fourth-order valence-corrected chi connectivity index (χ4v) is 1.83. The monoisotopic (exact) mass is 264 g/mol. The molecule has 0 aromatic heterocycles. The van der Waals surface area contributed by atoms with Crippen molar-refractivity contribution in [1.82, 2.24) is 0 Å². The highest BCUT2D eigenvalue weighted by Gasteiger charge is 2.22. The van der Waals surface area contributed by atoms with Gasteiger partial charge in [0.1, 0.15) is 5.75 Å². The van der Waals surface area contributed by atoms with Crippen molar-refractivity contribution in [3.8, 4) is 5.75 Å². The third-order valence-corrected chi connectivity index (χ3v) is 2.87. The summed E-state index contributed by atoms with van der Waals surface area (Å²) in [7, 11) is 0. The van der Waals surface area contributed by atoms with Gasteiger partial charge in [-0.05, 0) is 37.8 Å². The molecule has 1 aromatic carbocycles. The van der Waals surface area contributed by atoms with E-state index >= 15 is 0 Å². The number of hydrogen-bond donors (Lipinski definition) is 0. The molecule has 0 aliphatic carbocycles. The number of carbonyl (C=O) groups is 1. The van der Waals surface area contributed by atoms with Crippen LogP contribution in [0.2, 0.25) is 0 Å². The second-order valence-corrected chi connectivity index (χ2v) is 5.76. The average Bonchev–Trinajstić information content (AvgIpc) is 2.30. The molecule has 1 atom stereocenters. The second-order valence-electron chi connectivity index (χ2n) is 5.76. The lowest BCUT2D eigenvalue weighted by Gasteiger charge is -2.25. The van der Waals surface area contributed by atoms with Crippen molar-refractivity contribution in [1.29, 1.82) is 0 Å². The van der Waals surface area contributed by atoms with Crippen molar-refractivity contribution in [2.45, 2.75) is 53.1 Å². The molecule has 1 unspecified atom stereocenters. The van der Waals surface area contributed by atoms with Gasteiger partial charge in [0.05, 0.1) is 6.61 Å². The van der Waals surface area contributed by atoms with Crippen molar-refractivity contribution >= 4 is 5.97 Å². The van der Waals surface area contributed by atoms with Gasteiger partial charge in [0.25, 0.3) is 0 Å². The third-order valence-electron chi connectivity index (χ3n) is 2.87. The molecule has 1 aromatic rings. The van der Waals surface area contributed by atoms with Crippen LogP contribution in [0.25, 0.3) is 0 Å². The summed E-state index contributed by atoms with van der Waals surface area (Å²) < 4.78 is 10.7. The van der Waals surface area contributed by atoms with Crippen molar-refractivity contribution in [2.24, 2.45) is 0 Å². The first-order valence-electron chi connectivity index (χ1n) is 6.70. The summed E-state index contributed by atoms with van der Waals surface area (Å²) in [5.41, 5.74) is 2.25. The van der Waals surface area contributed by atoms with Gasteiger partial charge in [-0.2, -0.15) is 0 Å². The van der Waals surface area contributed by atoms with Crippen molar-refractivity contribution in [3.63, 3.8) is 0 Å². The number of esters is 1. The summed E-state index contributed by atoms with van der Waals surface area (Å²) in [5, 5.41) is 0. The van der Waals surface area contributed by atoms with Crippen molar-refractivity contribution in [3.05, 3.63) is 29.3 Å². The zero-order valence-electron chi connectivity index (χ0n) is 12.7. The highest BCUT2D eigenvalue weighted by atomic mass is 16.6. The van der Waals surface area contributed by atoms with E-state index in [4.69, 9.17) is 9.47 Å². The van der Waals surface area contributed by atoms with E-state index < -0.39 is 6.10 Å². The predicted octanol–water partition coefficient (Wildman–Crippen LogP) is 3.62. The SMILES string of the molecule is CCOC(=O)C(C)Oc1ccc(C)cc1C(C)(C)C. The summed E-state index contributed by atoms with van der Waals surface area (Å²) in [4.78, 5) is 11.6. The van der Waals surface area contributed by atoms with Crippen molar-refractivity contribution in [2.75, 3.05) is 6.61 Å².